The SMILES string of the molecule is CC1CC(CC(=O)NCC2CC2)CC(C)(C)C1. The quantitative estimate of drug-likeness (QED) is 0.798. The highest BCUT2D eigenvalue weighted by Gasteiger charge is 2.33. The number of carbonyl (C=O) groups is 1. The smallest absolute Gasteiger partial charge is 0.220 e. The van der Waals surface area contributed by atoms with Gasteiger partial charge in [0.2, 0.25) is 5.91 Å². The average molecular weight is 237 g/mol. The molecule has 17 heavy (non-hydrogen) atoms. The molecule has 0 heterocycles. The largest absolute Gasteiger partial charge is 0.356 e. The Morgan fingerprint density at radius 2 is 1.94 bits per heavy atom. The summed E-state index contributed by atoms with van der Waals surface area (Å²) in [6.07, 6.45) is 7.14. The third kappa shape index (κ3) is 4.33. The lowest BCUT2D eigenvalue weighted by Crippen LogP contribution is -2.33. The molecule has 2 heteroatoms. The van der Waals surface area contributed by atoms with Crippen molar-refractivity contribution in [2.45, 2.75) is 59.3 Å². The molecule has 0 radical (unpaired) electrons. The van der Waals surface area contributed by atoms with E-state index >= 15 is 0 Å². The van der Waals surface area contributed by atoms with Crippen molar-refractivity contribution < 1.29 is 4.79 Å². The zero-order valence-corrected chi connectivity index (χ0v) is 11.6. The van der Waals surface area contributed by atoms with Crippen LogP contribution in [0.5, 0.6) is 0 Å². The second kappa shape index (κ2) is 4.99. The first-order chi connectivity index (χ1) is 7.94. The van der Waals surface area contributed by atoms with E-state index in [-0.39, 0.29) is 5.91 Å². The first-order valence-electron chi connectivity index (χ1n) is 7.21. The highest BCUT2D eigenvalue weighted by molar-refractivity contribution is 5.76. The Morgan fingerprint density at radius 3 is 2.53 bits per heavy atom. The van der Waals surface area contributed by atoms with Crippen molar-refractivity contribution in [3.63, 3.8) is 0 Å². The first-order valence-corrected chi connectivity index (χ1v) is 7.21. The van der Waals surface area contributed by atoms with Gasteiger partial charge in [-0.2, -0.15) is 0 Å². The summed E-state index contributed by atoms with van der Waals surface area (Å²) in [5.41, 5.74) is 0.430. The lowest BCUT2D eigenvalue weighted by molar-refractivity contribution is -0.122. The molecule has 0 spiro atoms. The van der Waals surface area contributed by atoms with Crippen LogP contribution in [0.15, 0.2) is 0 Å². The number of nitrogens with one attached hydrogen (secondary N) is 1. The van der Waals surface area contributed by atoms with Gasteiger partial charge in [-0.25, -0.2) is 0 Å². The summed E-state index contributed by atoms with van der Waals surface area (Å²) >= 11 is 0. The predicted octanol–water partition coefficient (Wildman–Crippen LogP) is 3.37. The minimum Gasteiger partial charge on any atom is -0.356 e. The van der Waals surface area contributed by atoms with Crippen LogP contribution in [0, 0.1) is 23.2 Å². The van der Waals surface area contributed by atoms with Crippen molar-refractivity contribution in [3.8, 4) is 0 Å². The third-order valence-electron chi connectivity index (χ3n) is 4.24. The Balaban J connectivity index is 1.74. The molecule has 1 amide bonds. The Hall–Kier alpha value is -0.530. The highest BCUT2D eigenvalue weighted by Crippen LogP contribution is 2.42. The Morgan fingerprint density at radius 1 is 1.24 bits per heavy atom. The van der Waals surface area contributed by atoms with Gasteiger partial charge in [0.05, 0.1) is 0 Å². The van der Waals surface area contributed by atoms with Crippen molar-refractivity contribution in [2.24, 2.45) is 23.2 Å². The topological polar surface area (TPSA) is 29.1 Å². The summed E-state index contributed by atoms with van der Waals surface area (Å²) in [5.74, 6) is 2.46. The molecule has 2 unspecified atom stereocenters. The van der Waals surface area contributed by atoms with Gasteiger partial charge in [0, 0.05) is 13.0 Å². The number of carbonyl (C=O) groups excluding carboxylic acids is 1. The van der Waals surface area contributed by atoms with Gasteiger partial charge in [0.25, 0.3) is 0 Å². The Labute approximate surface area is 106 Å². The van der Waals surface area contributed by atoms with Gasteiger partial charge in [0.1, 0.15) is 0 Å². The van der Waals surface area contributed by atoms with Crippen molar-refractivity contribution in [2.75, 3.05) is 6.54 Å². The molecule has 0 aliphatic heterocycles. The van der Waals surface area contributed by atoms with E-state index in [1.54, 1.807) is 0 Å². The summed E-state index contributed by atoms with van der Waals surface area (Å²) in [5, 5.41) is 3.10. The van der Waals surface area contributed by atoms with E-state index in [4.69, 9.17) is 0 Å². The van der Waals surface area contributed by atoms with Crippen molar-refractivity contribution in [1.29, 1.82) is 0 Å². The zero-order valence-electron chi connectivity index (χ0n) is 11.6. The van der Waals surface area contributed by atoms with E-state index in [2.05, 4.69) is 26.1 Å². The van der Waals surface area contributed by atoms with E-state index < -0.39 is 0 Å². The molecular weight excluding hydrogens is 210 g/mol. The second-order valence-corrected chi connectivity index (χ2v) is 7.23. The molecule has 0 bridgehead atoms. The molecular formula is C15H27NO. The molecule has 2 fully saturated rings. The summed E-state index contributed by atoms with van der Waals surface area (Å²) in [7, 11) is 0. The van der Waals surface area contributed by atoms with Crippen LogP contribution in [0.1, 0.15) is 59.3 Å². The van der Waals surface area contributed by atoms with Crippen LogP contribution < -0.4 is 5.32 Å². The minimum absolute atomic E-state index is 0.284. The standard InChI is InChI=1S/C15H27NO/c1-11-6-13(9-15(2,3)8-11)7-14(17)16-10-12-4-5-12/h11-13H,4-10H2,1-3H3,(H,16,17). The van der Waals surface area contributed by atoms with Crippen molar-refractivity contribution in [3.05, 3.63) is 0 Å². The molecule has 0 aromatic carbocycles. The molecule has 0 aromatic rings. The fraction of sp³-hybridized carbons (Fsp3) is 0.933. The van der Waals surface area contributed by atoms with Crippen molar-refractivity contribution in [1.82, 2.24) is 5.32 Å². The molecule has 98 valence electrons. The summed E-state index contributed by atoms with van der Waals surface area (Å²) in [6.45, 7) is 7.94. The van der Waals surface area contributed by atoms with Gasteiger partial charge in [0.15, 0.2) is 0 Å². The van der Waals surface area contributed by atoms with Gasteiger partial charge in [-0.05, 0) is 55.3 Å². The van der Waals surface area contributed by atoms with Gasteiger partial charge in [-0.3, -0.25) is 4.79 Å². The maximum absolute atomic E-state index is 11.9. The molecule has 2 rings (SSSR count). The number of hydrogen-bond donors (Lipinski definition) is 1. The third-order valence-corrected chi connectivity index (χ3v) is 4.24. The number of hydrogen-bond acceptors (Lipinski definition) is 1. The Kier molecular flexibility index (Phi) is 3.79. The lowest BCUT2D eigenvalue weighted by Gasteiger charge is -2.38. The summed E-state index contributed by atoms with van der Waals surface area (Å²) in [6, 6.07) is 0. The van der Waals surface area contributed by atoms with Crippen LogP contribution in [0.3, 0.4) is 0 Å². The number of rotatable bonds is 4. The normalized spacial score (nSPS) is 32.2. The van der Waals surface area contributed by atoms with Gasteiger partial charge < -0.3 is 5.32 Å². The minimum atomic E-state index is 0.284. The van der Waals surface area contributed by atoms with Crippen LogP contribution in [0.25, 0.3) is 0 Å². The Bertz CT molecular complexity index is 281. The highest BCUT2D eigenvalue weighted by atomic mass is 16.1. The maximum Gasteiger partial charge on any atom is 0.220 e. The first kappa shape index (κ1) is 12.9. The van der Waals surface area contributed by atoms with Crippen LogP contribution in [0.4, 0.5) is 0 Å². The van der Waals surface area contributed by atoms with Crippen LogP contribution >= 0.6 is 0 Å². The summed E-state index contributed by atoms with van der Waals surface area (Å²) < 4.78 is 0. The molecule has 2 aliphatic carbocycles. The molecule has 2 nitrogen and oxygen atoms in total. The van der Waals surface area contributed by atoms with Crippen molar-refractivity contribution >= 4 is 5.91 Å². The zero-order chi connectivity index (χ0) is 12.5. The molecule has 2 atom stereocenters. The number of amides is 1. The van der Waals surface area contributed by atoms with E-state index in [0.29, 0.717) is 11.3 Å². The van der Waals surface area contributed by atoms with E-state index in [0.717, 1.165) is 24.8 Å². The molecule has 0 aromatic heterocycles. The fourth-order valence-corrected chi connectivity index (χ4v) is 3.61. The average Bonchev–Trinajstić information content (AvgIpc) is 2.94. The molecule has 2 aliphatic rings. The van der Waals surface area contributed by atoms with E-state index in [1.807, 2.05) is 0 Å². The lowest BCUT2D eigenvalue weighted by atomic mass is 9.67. The van der Waals surface area contributed by atoms with Gasteiger partial charge >= 0.3 is 0 Å². The maximum atomic E-state index is 11.9. The van der Waals surface area contributed by atoms with Crippen LogP contribution in [-0.4, -0.2) is 12.5 Å². The predicted molar refractivity (Wildman–Crippen MR) is 70.6 cm³/mol. The van der Waals surface area contributed by atoms with Gasteiger partial charge in [-0.1, -0.05) is 20.8 Å². The molecule has 2 saturated carbocycles. The van der Waals surface area contributed by atoms with Crippen LogP contribution in [0.2, 0.25) is 0 Å². The van der Waals surface area contributed by atoms with E-state index in [1.165, 1.54) is 32.1 Å². The van der Waals surface area contributed by atoms with Gasteiger partial charge in [-0.15, -0.1) is 0 Å². The second-order valence-electron chi connectivity index (χ2n) is 7.23. The molecule has 0 saturated heterocycles. The van der Waals surface area contributed by atoms with Crippen LogP contribution in [-0.2, 0) is 4.79 Å². The molecule has 1 N–H and O–H groups in total. The monoisotopic (exact) mass is 237 g/mol. The van der Waals surface area contributed by atoms with E-state index in [9.17, 15) is 4.79 Å². The summed E-state index contributed by atoms with van der Waals surface area (Å²) in [4.78, 5) is 11.9. The fourth-order valence-electron chi connectivity index (χ4n) is 3.61.